The van der Waals surface area contributed by atoms with Crippen LogP contribution in [0.1, 0.15) is 31.9 Å². The predicted octanol–water partition coefficient (Wildman–Crippen LogP) is 3.19. The van der Waals surface area contributed by atoms with Gasteiger partial charge in [0.2, 0.25) is 0 Å². The van der Waals surface area contributed by atoms with Gasteiger partial charge in [-0.3, -0.25) is 4.90 Å². The maximum Gasteiger partial charge on any atom is 0.324 e. The summed E-state index contributed by atoms with van der Waals surface area (Å²) in [6.07, 6.45) is 2.11. The molecule has 4 heteroatoms. The minimum Gasteiger partial charge on any atom is -0.369 e. The summed E-state index contributed by atoms with van der Waals surface area (Å²) < 4.78 is 5.23. The van der Waals surface area contributed by atoms with Gasteiger partial charge in [0.1, 0.15) is 6.61 Å². The van der Waals surface area contributed by atoms with Crippen molar-refractivity contribution < 1.29 is 9.53 Å². The van der Waals surface area contributed by atoms with Gasteiger partial charge in [0, 0.05) is 31.8 Å². The second kappa shape index (κ2) is 8.40. The average molecular weight is 312 g/mol. The SMILES string of the molecule is CCOCC#Cc1cccc(C2=CCN(CC)C(=O)N2CC)c1. The zero-order valence-corrected chi connectivity index (χ0v) is 14.1. The molecule has 0 atom stereocenters. The smallest absolute Gasteiger partial charge is 0.324 e. The third-order valence-electron chi connectivity index (χ3n) is 3.76. The van der Waals surface area contributed by atoms with E-state index in [0.717, 1.165) is 23.4 Å². The fourth-order valence-corrected chi connectivity index (χ4v) is 2.55. The molecule has 1 heterocycles. The summed E-state index contributed by atoms with van der Waals surface area (Å²) in [5, 5.41) is 0. The minimum absolute atomic E-state index is 0.0698. The Bertz CT molecular complexity index is 640. The third kappa shape index (κ3) is 4.14. The molecule has 0 fully saturated rings. The largest absolute Gasteiger partial charge is 0.369 e. The standard InChI is InChI=1S/C19H24N2O2/c1-4-20-13-12-18(21(5-2)19(20)22)17-11-7-9-16(15-17)10-8-14-23-6-3/h7,9,11-12,15H,4-6,13-14H2,1-3H3. The second-order valence-electron chi connectivity index (χ2n) is 5.17. The Labute approximate surface area is 138 Å². The average Bonchev–Trinajstić information content (AvgIpc) is 2.58. The van der Waals surface area contributed by atoms with E-state index in [1.807, 2.05) is 54.8 Å². The summed E-state index contributed by atoms with van der Waals surface area (Å²) in [6, 6.07) is 8.08. The number of carbonyl (C=O) groups excluding carboxylic acids is 1. The molecule has 0 aromatic heterocycles. The highest BCUT2D eigenvalue weighted by atomic mass is 16.5. The Morgan fingerprint density at radius 2 is 2.04 bits per heavy atom. The fourth-order valence-electron chi connectivity index (χ4n) is 2.55. The Balaban J connectivity index is 2.25. The molecule has 122 valence electrons. The van der Waals surface area contributed by atoms with E-state index in [1.165, 1.54) is 0 Å². The van der Waals surface area contributed by atoms with E-state index in [1.54, 1.807) is 0 Å². The zero-order valence-electron chi connectivity index (χ0n) is 14.1. The Kier molecular flexibility index (Phi) is 6.25. The lowest BCUT2D eigenvalue weighted by Gasteiger charge is -2.34. The summed E-state index contributed by atoms with van der Waals surface area (Å²) in [5.74, 6) is 6.11. The molecule has 0 bridgehead atoms. The van der Waals surface area contributed by atoms with E-state index in [2.05, 4.69) is 17.9 Å². The molecule has 1 aliphatic heterocycles. The summed E-state index contributed by atoms with van der Waals surface area (Å²) in [5.41, 5.74) is 2.93. The van der Waals surface area contributed by atoms with E-state index >= 15 is 0 Å². The van der Waals surface area contributed by atoms with Crippen LogP contribution in [-0.2, 0) is 4.74 Å². The monoisotopic (exact) mass is 312 g/mol. The van der Waals surface area contributed by atoms with Gasteiger partial charge in [-0.1, -0.05) is 24.0 Å². The number of rotatable bonds is 5. The van der Waals surface area contributed by atoms with Gasteiger partial charge in [-0.15, -0.1) is 0 Å². The molecule has 23 heavy (non-hydrogen) atoms. The van der Waals surface area contributed by atoms with Crippen molar-refractivity contribution in [1.82, 2.24) is 9.80 Å². The van der Waals surface area contributed by atoms with Crippen molar-refractivity contribution >= 4 is 11.7 Å². The van der Waals surface area contributed by atoms with Crippen LogP contribution in [0.3, 0.4) is 0 Å². The van der Waals surface area contributed by atoms with E-state index in [-0.39, 0.29) is 6.03 Å². The van der Waals surface area contributed by atoms with Crippen LogP contribution in [0.25, 0.3) is 5.70 Å². The lowest BCUT2D eigenvalue weighted by molar-refractivity contribution is 0.177. The van der Waals surface area contributed by atoms with Gasteiger partial charge < -0.3 is 9.64 Å². The maximum absolute atomic E-state index is 12.5. The molecule has 0 N–H and O–H groups in total. The van der Waals surface area contributed by atoms with Crippen molar-refractivity contribution in [3.63, 3.8) is 0 Å². The summed E-state index contributed by atoms with van der Waals surface area (Å²) in [4.78, 5) is 16.1. The molecule has 4 nitrogen and oxygen atoms in total. The van der Waals surface area contributed by atoms with Crippen molar-refractivity contribution in [2.45, 2.75) is 20.8 Å². The maximum atomic E-state index is 12.5. The van der Waals surface area contributed by atoms with Crippen LogP contribution in [0, 0.1) is 11.8 Å². The number of hydrogen-bond acceptors (Lipinski definition) is 2. The fraction of sp³-hybridized carbons (Fsp3) is 0.421. The molecule has 2 rings (SSSR count). The Hall–Kier alpha value is -2.25. The van der Waals surface area contributed by atoms with Crippen LogP contribution in [-0.4, -0.2) is 48.7 Å². The molecular formula is C19H24N2O2. The van der Waals surface area contributed by atoms with Crippen LogP contribution in [0.15, 0.2) is 30.3 Å². The van der Waals surface area contributed by atoms with E-state index in [0.29, 0.717) is 26.3 Å². The molecule has 0 aliphatic carbocycles. The molecule has 1 aromatic carbocycles. The lowest BCUT2D eigenvalue weighted by atomic mass is 10.1. The van der Waals surface area contributed by atoms with Crippen molar-refractivity contribution in [1.29, 1.82) is 0 Å². The Morgan fingerprint density at radius 3 is 2.74 bits per heavy atom. The number of urea groups is 1. The first kappa shape index (κ1) is 17.1. The number of nitrogens with zero attached hydrogens (tertiary/aromatic N) is 2. The summed E-state index contributed by atoms with van der Waals surface area (Å²) in [6.45, 7) is 9.09. The van der Waals surface area contributed by atoms with Gasteiger partial charge in [-0.05, 0) is 44.5 Å². The predicted molar refractivity (Wildman–Crippen MR) is 92.8 cm³/mol. The highest BCUT2D eigenvalue weighted by Gasteiger charge is 2.26. The number of ether oxygens (including phenoxy) is 1. The molecule has 1 aliphatic rings. The van der Waals surface area contributed by atoms with Crippen molar-refractivity contribution in [3.8, 4) is 11.8 Å². The van der Waals surface area contributed by atoms with Gasteiger partial charge in [0.15, 0.2) is 0 Å². The number of benzene rings is 1. The molecule has 2 amide bonds. The molecule has 0 spiro atoms. The molecule has 0 saturated heterocycles. The Morgan fingerprint density at radius 1 is 1.22 bits per heavy atom. The first-order chi connectivity index (χ1) is 11.2. The summed E-state index contributed by atoms with van der Waals surface area (Å²) in [7, 11) is 0. The quantitative estimate of drug-likeness (QED) is 0.618. The molecule has 0 unspecified atom stereocenters. The first-order valence-electron chi connectivity index (χ1n) is 8.14. The van der Waals surface area contributed by atoms with Crippen LogP contribution in [0.4, 0.5) is 4.79 Å². The van der Waals surface area contributed by atoms with Crippen LogP contribution in [0.5, 0.6) is 0 Å². The van der Waals surface area contributed by atoms with Gasteiger partial charge in [-0.25, -0.2) is 4.79 Å². The summed E-state index contributed by atoms with van der Waals surface area (Å²) >= 11 is 0. The minimum atomic E-state index is 0.0698. The van der Waals surface area contributed by atoms with Crippen molar-refractivity contribution in [2.75, 3.05) is 32.8 Å². The first-order valence-corrected chi connectivity index (χ1v) is 8.14. The van der Waals surface area contributed by atoms with Crippen molar-refractivity contribution in [2.24, 2.45) is 0 Å². The molecular weight excluding hydrogens is 288 g/mol. The zero-order chi connectivity index (χ0) is 16.7. The highest BCUT2D eigenvalue weighted by molar-refractivity contribution is 5.88. The highest BCUT2D eigenvalue weighted by Crippen LogP contribution is 2.25. The van der Waals surface area contributed by atoms with Crippen molar-refractivity contribution in [3.05, 3.63) is 41.5 Å². The van der Waals surface area contributed by atoms with Gasteiger partial charge in [0.05, 0.1) is 5.70 Å². The van der Waals surface area contributed by atoms with Gasteiger partial charge in [-0.2, -0.15) is 0 Å². The second-order valence-corrected chi connectivity index (χ2v) is 5.17. The normalized spacial score (nSPS) is 14.4. The van der Waals surface area contributed by atoms with E-state index in [4.69, 9.17) is 4.74 Å². The molecule has 0 saturated carbocycles. The number of amides is 2. The number of carbonyl (C=O) groups is 1. The molecule has 0 radical (unpaired) electrons. The van der Waals surface area contributed by atoms with Gasteiger partial charge >= 0.3 is 6.03 Å². The van der Waals surface area contributed by atoms with E-state index in [9.17, 15) is 4.79 Å². The number of hydrogen-bond donors (Lipinski definition) is 0. The lowest BCUT2D eigenvalue weighted by Crippen LogP contribution is -2.45. The van der Waals surface area contributed by atoms with Crippen LogP contribution in [0.2, 0.25) is 0 Å². The molecule has 1 aromatic rings. The number of likely N-dealkylation sites (N-methyl/N-ethyl adjacent to an activating group) is 1. The topological polar surface area (TPSA) is 32.8 Å². The third-order valence-corrected chi connectivity index (χ3v) is 3.76. The van der Waals surface area contributed by atoms with Crippen LogP contribution >= 0.6 is 0 Å². The van der Waals surface area contributed by atoms with Gasteiger partial charge in [0.25, 0.3) is 0 Å². The van der Waals surface area contributed by atoms with E-state index < -0.39 is 0 Å². The van der Waals surface area contributed by atoms with Crippen LogP contribution < -0.4 is 0 Å².